The number of hydrogen-bond donors (Lipinski definition) is 2. The van der Waals surface area contributed by atoms with E-state index >= 15 is 0 Å². The number of aromatic hydroxyl groups is 1. The maximum atomic E-state index is 13.0. The fraction of sp³-hybridized carbons (Fsp3) is 0.200. The SMILES string of the molecule is COc1cc(C=Cc2ccc(O)c(OC)c2NS(=O)(=O)c2ccc(C(F)(F)F)cc2)cc(OC)c1OC. The van der Waals surface area contributed by atoms with Gasteiger partial charge in [0.25, 0.3) is 10.0 Å². The van der Waals surface area contributed by atoms with Gasteiger partial charge in [0.2, 0.25) is 5.75 Å². The Bertz CT molecular complexity index is 1380. The summed E-state index contributed by atoms with van der Waals surface area (Å²) in [5.74, 6) is 0.652. The second-order valence-electron chi connectivity index (χ2n) is 7.50. The standard InChI is InChI=1S/C25H24F3NO7S/c1-33-20-13-15(14-21(34-2)24(20)36-4)5-6-16-7-12-19(30)23(35-3)22(16)29-37(31,32)18-10-8-17(9-11-18)25(26,27)28/h5-14,29-30H,1-4H3. The van der Waals surface area contributed by atoms with E-state index in [1.54, 1.807) is 24.3 Å². The van der Waals surface area contributed by atoms with Crippen LogP contribution in [-0.2, 0) is 16.2 Å². The predicted molar refractivity (Wildman–Crippen MR) is 132 cm³/mol. The number of nitrogens with one attached hydrogen (secondary N) is 1. The predicted octanol–water partition coefficient (Wildman–Crippen LogP) is 5.42. The molecular formula is C25H24F3NO7S. The molecule has 0 spiro atoms. The van der Waals surface area contributed by atoms with Crippen LogP contribution in [0.1, 0.15) is 16.7 Å². The number of sulfonamides is 1. The first-order valence-corrected chi connectivity index (χ1v) is 12.0. The van der Waals surface area contributed by atoms with Gasteiger partial charge in [-0.1, -0.05) is 12.2 Å². The van der Waals surface area contributed by atoms with Crippen LogP contribution in [0.5, 0.6) is 28.7 Å². The minimum absolute atomic E-state index is 0.119. The molecule has 0 radical (unpaired) electrons. The van der Waals surface area contributed by atoms with Crippen LogP contribution in [0.15, 0.2) is 53.4 Å². The lowest BCUT2D eigenvalue weighted by atomic mass is 10.1. The van der Waals surface area contributed by atoms with Crippen molar-refractivity contribution < 1.29 is 45.6 Å². The second-order valence-corrected chi connectivity index (χ2v) is 9.18. The molecule has 3 rings (SSSR count). The number of halogens is 3. The lowest BCUT2D eigenvalue weighted by Gasteiger charge is -2.16. The van der Waals surface area contributed by atoms with Crippen molar-refractivity contribution in [2.75, 3.05) is 33.2 Å². The van der Waals surface area contributed by atoms with Gasteiger partial charge in [-0.25, -0.2) is 8.42 Å². The largest absolute Gasteiger partial charge is 0.504 e. The van der Waals surface area contributed by atoms with Crippen LogP contribution >= 0.6 is 0 Å². The summed E-state index contributed by atoms with van der Waals surface area (Å²) < 4.78 is 88.1. The first-order valence-electron chi connectivity index (χ1n) is 10.5. The number of benzene rings is 3. The Morgan fingerprint density at radius 2 is 1.38 bits per heavy atom. The summed E-state index contributed by atoms with van der Waals surface area (Å²) in [6.45, 7) is 0. The molecule has 0 aliphatic rings. The Kier molecular flexibility index (Phi) is 8.12. The Balaban J connectivity index is 2.04. The monoisotopic (exact) mass is 539 g/mol. The Morgan fingerprint density at radius 1 is 0.811 bits per heavy atom. The molecule has 12 heteroatoms. The molecule has 0 aliphatic carbocycles. The lowest BCUT2D eigenvalue weighted by Crippen LogP contribution is -2.15. The number of anilines is 1. The van der Waals surface area contributed by atoms with E-state index in [1.807, 2.05) is 0 Å². The third kappa shape index (κ3) is 6.02. The van der Waals surface area contributed by atoms with Crippen LogP contribution in [-0.4, -0.2) is 42.0 Å². The molecule has 0 saturated heterocycles. The average Bonchev–Trinajstić information content (AvgIpc) is 2.87. The van der Waals surface area contributed by atoms with Crippen molar-refractivity contribution in [3.63, 3.8) is 0 Å². The zero-order valence-electron chi connectivity index (χ0n) is 20.2. The van der Waals surface area contributed by atoms with E-state index in [1.165, 1.54) is 40.6 Å². The summed E-state index contributed by atoms with van der Waals surface area (Å²) in [6.07, 6.45) is -1.44. The highest BCUT2D eigenvalue weighted by molar-refractivity contribution is 7.92. The van der Waals surface area contributed by atoms with E-state index in [0.717, 1.165) is 12.1 Å². The van der Waals surface area contributed by atoms with Gasteiger partial charge in [-0.2, -0.15) is 13.2 Å². The van der Waals surface area contributed by atoms with Gasteiger partial charge in [0.05, 0.1) is 38.9 Å². The molecule has 3 aromatic rings. The molecule has 0 bridgehead atoms. The molecule has 0 aliphatic heterocycles. The number of ether oxygens (including phenoxy) is 4. The summed E-state index contributed by atoms with van der Waals surface area (Å²) in [4.78, 5) is -0.412. The van der Waals surface area contributed by atoms with E-state index < -0.39 is 26.7 Å². The normalized spacial score (nSPS) is 11.9. The first-order chi connectivity index (χ1) is 17.4. The van der Waals surface area contributed by atoms with E-state index in [0.29, 0.717) is 40.5 Å². The molecule has 0 atom stereocenters. The Hall–Kier alpha value is -4.06. The number of rotatable bonds is 9. The fourth-order valence-corrected chi connectivity index (χ4v) is 4.53. The van der Waals surface area contributed by atoms with Crippen molar-refractivity contribution in [2.24, 2.45) is 0 Å². The Morgan fingerprint density at radius 3 is 1.86 bits per heavy atom. The third-order valence-electron chi connectivity index (χ3n) is 5.24. The number of methoxy groups -OCH3 is 4. The summed E-state index contributed by atoms with van der Waals surface area (Å²) in [7, 11) is 1.26. The third-order valence-corrected chi connectivity index (χ3v) is 6.61. The lowest BCUT2D eigenvalue weighted by molar-refractivity contribution is -0.137. The van der Waals surface area contributed by atoms with E-state index in [4.69, 9.17) is 18.9 Å². The van der Waals surface area contributed by atoms with Gasteiger partial charge in [-0.3, -0.25) is 4.72 Å². The minimum atomic E-state index is -4.62. The average molecular weight is 540 g/mol. The second kappa shape index (κ2) is 10.9. The summed E-state index contributed by atoms with van der Waals surface area (Å²) >= 11 is 0. The molecule has 0 aromatic heterocycles. The number of phenols is 1. The number of phenolic OH excluding ortho intramolecular Hbond substituents is 1. The molecule has 0 fully saturated rings. The van der Waals surface area contributed by atoms with Crippen molar-refractivity contribution >= 4 is 27.9 Å². The van der Waals surface area contributed by atoms with Crippen LogP contribution in [0.25, 0.3) is 12.2 Å². The molecule has 0 saturated carbocycles. The number of alkyl halides is 3. The highest BCUT2D eigenvalue weighted by Crippen LogP contribution is 2.41. The van der Waals surface area contributed by atoms with E-state index in [-0.39, 0.29) is 17.2 Å². The van der Waals surface area contributed by atoms with Crippen LogP contribution in [0, 0.1) is 0 Å². The molecule has 0 unspecified atom stereocenters. The smallest absolute Gasteiger partial charge is 0.416 e. The van der Waals surface area contributed by atoms with Crippen molar-refractivity contribution in [3.8, 4) is 28.7 Å². The first kappa shape index (κ1) is 27.5. The van der Waals surface area contributed by atoms with Gasteiger partial charge in [0, 0.05) is 5.56 Å². The molecule has 198 valence electrons. The minimum Gasteiger partial charge on any atom is -0.504 e. The van der Waals surface area contributed by atoms with Gasteiger partial charge in [-0.15, -0.1) is 0 Å². The van der Waals surface area contributed by atoms with Crippen LogP contribution < -0.4 is 23.7 Å². The van der Waals surface area contributed by atoms with Crippen molar-refractivity contribution in [1.29, 1.82) is 0 Å². The van der Waals surface area contributed by atoms with Gasteiger partial charge in [0.1, 0.15) is 5.69 Å². The number of hydrogen-bond acceptors (Lipinski definition) is 7. The fourth-order valence-electron chi connectivity index (χ4n) is 3.44. The van der Waals surface area contributed by atoms with Gasteiger partial charge < -0.3 is 24.1 Å². The highest BCUT2D eigenvalue weighted by atomic mass is 32.2. The van der Waals surface area contributed by atoms with E-state index in [2.05, 4.69) is 4.72 Å². The maximum Gasteiger partial charge on any atom is 0.416 e. The van der Waals surface area contributed by atoms with Crippen molar-refractivity contribution in [1.82, 2.24) is 0 Å². The van der Waals surface area contributed by atoms with Crippen molar-refractivity contribution in [2.45, 2.75) is 11.1 Å². The van der Waals surface area contributed by atoms with Gasteiger partial charge in [0.15, 0.2) is 23.0 Å². The van der Waals surface area contributed by atoms with Gasteiger partial charge in [-0.05, 0) is 54.1 Å². The highest BCUT2D eigenvalue weighted by Gasteiger charge is 2.31. The maximum absolute atomic E-state index is 13.0. The summed E-state index contributed by atoms with van der Waals surface area (Å²) in [5, 5.41) is 10.2. The van der Waals surface area contributed by atoms with Crippen molar-refractivity contribution in [3.05, 3.63) is 65.2 Å². The van der Waals surface area contributed by atoms with Crippen LogP contribution in [0.3, 0.4) is 0 Å². The molecule has 3 aromatic carbocycles. The molecule has 2 N–H and O–H groups in total. The summed E-state index contributed by atoms with van der Waals surface area (Å²) in [5.41, 5.74) is -0.210. The molecule has 8 nitrogen and oxygen atoms in total. The molecule has 0 heterocycles. The van der Waals surface area contributed by atoms with Gasteiger partial charge >= 0.3 is 6.18 Å². The Labute approximate surface area is 211 Å². The van der Waals surface area contributed by atoms with E-state index in [9.17, 15) is 26.7 Å². The zero-order chi connectivity index (χ0) is 27.4. The molecular weight excluding hydrogens is 515 g/mol. The zero-order valence-corrected chi connectivity index (χ0v) is 21.0. The molecule has 0 amide bonds. The molecule has 37 heavy (non-hydrogen) atoms. The summed E-state index contributed by atoms with van der Waals surface area (Å²) in [6, 6.07) is 9.10. The van der Waals surface area contributed by atoms with Crippen LogP contribution in [0.2, 0.25) is 0 Å². The quantitative estimate of drug-likeness (QED) is 0.350. The van der Waals surface area contributed by atoms with Crippen LogP contribution in [0.4, 0.5) is 18.9 Å². The topological polar surface area (TPSA) is 103 Å².